The summed E-state index contributed by atoms with van der Waals surface area (Å²) in [5, 5.41) is -0.133. The van der Waals surface area contributed by atoms with Crippen molar-refractivity contribution in [2.24, 2.45) is 0 Å². The highest BCUT2D eigenvalue weighted by atomic mass is 19.4. The molecule has 2 aromatic heterocycles. The zero-order valence-corrected chi connectivity index (χ0v) is 11.5. The van der Waals surface area contributed by atoms with E-state index in [2.05, 4.69) is 9.97 Å². The van der Waals surface area contributed by atoms with Crippen LogP contribution in [-0.2, 0) is 6.42 Å². The largest absolute Gasteiger partial charge is 0.403 e. The Balaban J connectivity index is 2.46. The van der Waals surface area contributed by atoms with Crippen molar-refractivity contribution >= 4 is 11.1 Å². The molecule has 0 saturated carbocycles. The SMILES string of the molecule is CC(F)c1nc2oc(=O)cc(CCCC(F)(F)F)c2c(=O)[nH]1. The van der Waals surface area contributed by atoms with Gasteiger partial charge < -0.3 is 9.40 Å². The molecule has 120 valence electrons. The standard InChI is InChI=1S/C13H12F4N2O3/c1-6(14)10-18-11(21)9-7(3-2-4-13(15,16)17)5-8(20)22-12(9)19-10/h5-6H,2-4H2,1H3,(H,18,19,21). The van der Waals surface area contributed by atoms with Crippen molar-refractivity contribution in [3.05, 3.63) is 38.2 Å². The van der Waals surface area contributed by atoms with Gasteiger partial charge in [-0.2, -0.15) is 18.2 Å². The van der Waals surface area contributed by atoms with Crippen molar-refractivity contribution in [2.45, 2.75) is 38.5 Å². The lowest BCUT2D eigenvalue weighted by Gasteiger charge is -2.08. The number of hydrogen-bond donors (Lipinski definition) is 1. The van der Waals surface area contributed by atoms with Crippen molar-refractivity contribution in [3.8, 4) is 0 Å². The van der Waals surface area contributed by atoms with E-state index in [4.69, 9.17) is 4.42 Å². The summed E-state index contributed by atoms with van der Waals surface area (Å²) in [6.07, 6.45) is -7.38. The Labute approximate surface area is 121 Å². The van der Waals surface area contributed by atoms with Crippen LogP contribution in [0.2, 0.25) is 0 Å². The number of nitrogens with one attached hydrogen (secondary N) is 1. The number of aryl methyl sites for hydroxylation is 1. The molecule has 2 rings (SSSR count). The normalized spacial score (nSPS) is 13.5. The van der Waals surface area contributed by atoms with Crippen molar-refractivity contribution in [3.63, 3.8) is 0 Å². The van der Waals surface area contributed by atoms with Gasteiger partial charge in [-0.1, -0.05) is 0 Å². The molecule has 2 aromatic rings. The first-order valence-electron chi connectivity index (χ1n) is 6.45. The Morgan fingerprint density at radius 2 is 2.05 bits per heavy atom. The Morgan fingerprint density at radius 3 is 2.64 bits per heavy atom. The van der Waals surface area contributed by atoms with Gasteiger partial charge in [-0.15, -0.1) is 0 Å². The second kappa shape index (κ2) is 5.90. The summed E-state index contributed by atoms with van der Waals surface area (Å²) in [6.45, 7) is 1.13. The molecule has 2 heterocycles. The Hall–Kier alpha value is -2.19. The number of rotatable bonds is 4. The topological polar surface area (TPSA) is 76.0 Å². The first-order valence-corrected chi connectivity index (χ1v) is 6.45. The number of nitrogens with zero attached hydrogens (tertiary/aromatic N) is 1. The number of hydrogen-bond acceptors (Lipinski definition) is 4. The molecular formula is C13H12F4N2O3. The second-order valence-corrected chi connectivity index (χ2v) is 4.81. The summed E-state index contributed by atoms with van der Waals surface area (Å²) >= 11 is 0. The quantitative estimate of drug-likeness (QED) is 0.879. The van der Waals surface area contributed by atoms with Crippen LogP contribution in [0.5, 0.6) is 0 Å². The van der Waals surface area contributed by atoms with E-state index in [0.29, 0.717) is 0 Å². The van der Waals surface area contributed by atoms with Crippen LogP contribution in [0.4, 0.5) is 17.6 Å². The van der Waals surface area contributed by atoms with Crippen molar-refractivity contribution in [2.75, 3.05) is 0 Å². The lowest BCUT2D eigenvalue weighted by molar-refractivity contribution is -0.135. The van der Waals surface area contributed by atoms with Crippen LogP contribution >= 0.6 is 0 Å². The summed E-state index contributed by atoms with van der Waals surface area (Å²) in [6, 6.07) is 0.953. The molecule has 0 aliphatic heterocycles. The molecule has 1 atom stereocenters. The van der Waals surface area contributed by atoms with Crippen molar-refractivity contribution in [1.29, 1.82) is 0 Å². The third-order valence-electron chi connectivity index (χ3n) is 3.00. The van der Waals surface area contributed by atoms with Crippen LogP contribution in [0, 0.1) is 0 Å². The van der Waals surface area contributed by atoms with E-state index in [9.17, 15) is 27.2 Å². The van der Waals surface area contributed by atoms with E-state index in [-0.39, 0.29) is 35.3 Å². The number of aromatic nitrogens is 2. The van der Waals surface area contributed by atoms with E-state index in [1.165, 1.54) is 0 Å². The molecule has 0 radical (unpaired) electrons. The van der Waals surface area contributed by atoms with Gasteiger partial charge in [0.25, 0.3) is 5.56 Å². The monoisotopic (exact) mass is 320 g/mol. The lowest BCUT2D eigenvalue weighted by Crippen LogP contribution is -2.17. The maximum atomic E-state index is 13.2. The number of H-pyrrole nitrogens is 1. The second-order valence-electron chi connectivity index (χ2n) is 4.81. The number of aromatic amines is 1. The van der Waals surface area contributed by atoms with Gasteiger partial charge in [0.2, 0.25) is 5.71 Å². The Kier molecular flexibility index (Phi) is 4.34. The van der Waals surface area contributed by atoms with Crippen LogP contribution in [0.15, 0.2) is 20.1 Å². The molecule has 0 aromatic carbocycles. The minimum atomic E-state index is -4.32. The summed E-state index contributed by atoms with van der Waals surface area (Å²) in [7, 11) is 0. The smallest absolute Gasteiger partial charge is 0.389 e. The minimum Gasteiger partial charge on any atom is -0.403 e. The fraction of sp³-hybridized carbons (Fsp3) is 0.462. The predicted octanol–water partition coefficient (Wildman–Crippen LogP) is 2.79. The van der Waals surface area contributed by atoms with Gasteiger partial charge in [-0.05, 0) is 25.3 Å². The average molecular weight is 320 g/mol. The van der Waals surface area contributed by atoms with Gasteiger partial charge in [0.1, 0.15) is 11.2 Å². The molecule has 1 N–H and O–H groups in total. The number of alkyl halides is 4. The zero-order valence-electron chi connectivity index (χ0n) is 11.5. The van der Waals surface area contributed by atoms with Crippen LogP contribution in [-0.4, -0.2) is 16.1 Å². The number of halogens is 4. The Bertz CT molecular complexity index is 792. The third-order valence-corrected chi connectivity index (χ3v) is 3.00. The van der Waals surface area contributed by atoms with Gasteiger partial charge in [0.05, 0.1) is 0 Å². The number of fused-ring (bicyclic) bond motifs is 1. The molecular weight excluding hydrogens is 308 g/mol. The maximum Gasteiger partial charge on any atom is 0.389 e. The molecule has 0 fully saturated rings. The van der Waals surface area contributed by atoms with Gasteiger partial charge in [0.15, 0.2) is 6.17 Å². The van der Waals surface area contributed by atoms with E-state index < -0.39 is 30.0 Å². The van der Waals surface area contributed by atoms with Crippen LogP contribution < -0.4 is 11.2 Å². The summed E-state index contributed by atoms with van der Waals surface area (Å²) in [5.41, 5.74) is -1.89. The van der Waals surface area contributed by atoms with Crippen molar-refractivity contribution in [1.82, 2.24) is 9.97 Å². The van der Waals surface area contributed by atoms with Gasteiger partial charge in [-0.25, -0.2) is 9.18 Å². The summed E-state index contributed by atoms with van der Waals surface area (Å²) in [4.78, 5) is 29.3. The lowest BCUT2D eigenvalue weighted by atomic mass is 10.1. The van der Waals surface area contributed by atoms with E-state index in [1.54, 1.807) is 0 Å². The summed E-state index contributed by atoms with van der Waals surface area (Å²) in [5.74, 6) is -0.312. The van der Waals surface area contributed by atoms with E-state index in [0.717, 1.165) is 13.0 Å². The molecule has 5 nitrogen and oxygen atoms in total. The third kappa shape index (κ3) is 3.71. The summed E-state index contributed by atoms with van der Waals surface area (Å²) < 4.78 is 54.5. The zero-order chi connectivity index (χ0) is 16.5. The fourth-order valence-electron chi connectivity index (χ4n) is 2.03. The molecule has 9 heteroatoms. The van der Waals surface area contributed by atoms with Crippen LogP contribution in [0.1, 0.15) is 37.3 Å². The molecule has 0 aliphatic rings. The molecule has 0 bridgehead atoms. The molecule has 0 aliphatic carbocycles. The fourth-order valence-corrected chi connectivity index (χ4v) is 2.03. The molecule has 0 saturated heterocycles. The van der Waals surface area contributed by atoms with Crippen LogP contribution in [0.3, 0.4) is 0 Å². The van der Waals surface area contributed by atoms with E-state index in [1.807, 2.05) is 0 Å². The predicted molar refractivity (Wildman–Crippen MR) is 69.4 cm³/mol. The van der Waals surface area contributed by atoms with Gasteiger partial charge >= 0.3 is 11.8 Å². The highest BCUT2D eigenvalue weighted by Crippen LogP contribution is 2.23. The average Bonchev–Trinajstić information content (AvgIpc) is 2.35. The van der Waals surface area contributed by atoms with Crippen molar-refractivity contribution < 1.29 is 22.0 Å². The van der Waals surface area contributed by atoms with Gasteiger partial charge in [-0.3, -0.25) is 4.79 Å². The highest BCUT2D eigenvalue weighted by Gasteiger charge is 2.26. The highest BCUT2D eigenvalue weighted by molar-refractivity contribution is 5.75. The van der Waals surface area contributed by atoms with E-state index >= 15 is 0 Å². The molecule has 1 unspecified atom stereocenters. The van der Waals surface area contributed by atoms with Crippen LogP contribution in [0.25, 0.3) is 11.1 Å². The molecule has 0 spiro atoms. The molecule has 22 heavy (non-hydrogen) atoms. The molecule has 0 amide bonds. The first kappa shape index (κ1) is 16.2. The first-order chi connectivity index (χ1) is 10.2. The van der Waals surface area contributed by atoms with Gasteiger partial charge in [0, 0.05) is 12.5 Å². The maximum absolute atomic E-state index is 13.2. The minimum absolute atomic E-state index is 0.0994. The Morgan fingerprint density at radius 1 is 1.36 bits per heavy atom.